The average Bonchev–Trinajstić information content (AvgIpc) is 2.87. The third-order valence-electron chi connectivity index (χ3n) is 3.62. The van der Waals surface area contributed by atoms with E-state index in [1.54, 1.807) is 0 Å². The largest absolute Gasteiger partial charge is 3.00 e. The normalized spacial score (nSPS) is 15.1. The molecule has 0 N–H and O–H groups in total. The molecular weight excluding hydrogens is 572 g/mol. The summed E-state index contributed by atoms with van der Waals surface area (Å²) in [6.45, 7) is 45.5. The maximum atomic E-state index is 4.82. The molecule has 1 aliphatic heterocycles. The van der Waals surface area contributed by atoms with Crippen LogP contribution in [0.5, 0.6) is 0 Å². The zero-order valence-electron chi connectivity index (χ0n) is 26.9. The second kappa shape index (κ2) is 15.7. The second-order valence-corrected chi connectivity index (χ2v) is 34.2. The molecule has 1 aliphatic rings. The SMILES string of the molecule is CC(C)(C)[N-]CCN1[C]N(C(C)(C)C)C=C1.C[Si](C)(C)[N-][Si](C)(C)C.C[Si](C)(C)[N-][Si](C)(C)C.[Y+3]. The Morgan fingerprint density at radius 1 is 0.629 bits per heavy atom. The van der Waals surface area contributed by atoms with Crippen LogP contribution in [0.1, 0.15) is 41.5 Å². The van der Waals surface area contributed by atoms with Gasteiger partial charge in [-0.3, -0.25) is 0 Å². The first-order chi connectivity index (χ1) is 14.6. The molecule has 0 bridgehead atoms. The maximum absolute atomic E-state index is 4.82. The minimum atomic E-state index is -1.11. The summed E-state index contributed by atoms with van der Waals surface area (Å²) in [6.07, 6.45) is 4.13. The topological polar surface area (TPSA) is 48.8 Å². The molecule has 0 aromatic heterocycles. The van der Waals surface area contributed by atoms with E-state index in [0.29, 0.717) is 0 Å². The van der Waals surface area contributed by atoms with Gasteiger partial charge in [0.05, 0.1) is 0 Å². The maximum Gasteiger partial charge on any atom is 3.00 e. The molecule has 0 fully saturated rings. The first kappa shape index (κ1) is 40.7. The molecule has 0 saturated heterocycles. The molecule has 1 heterocycles. The van der Waals surface area contributed by atoms with Gasteiger partial charge in [0, 0.05) is 24.5 Å². The zero-order chi connectivity index (χ0) is 27.8. The molecule has 1 rings (SSSR count). The second-order valence-electron chi connectivity index (χ2n) is 15.1. The van der Waals surface area contributed by atoms with E-state index >= 15 is 0 Å². The molecule has 10 heteroatoms. The first-order valence-corrected chi connectivity index (χ1v) is 26.6. The summed E-state index contributed by atoms with van der Waals surface area (Å²) in [6, 6.07) is 0. The van der Waals surface area contributed by atoms with Crippen molar-refractivity contribution in [1.29, 1.82) is 0 Å². The van der Waals surface area contributed by atoms with Crippen molar-refractivity contribution in [3.63, 3.8) is 0 Å². The van der Waals surface area contributed by atoms with Gasteiger partial charge >= 0.3 is 32.7 Å². The van der Waals surface area contributed by atoms with Crippen molar-refractivity contribution in [2.45, 2.75) is 131 Å². The van der Waals surface area contributed by atoms with Crippen LogP contribution in [0.2, 0.25) is 78.6 Å². The summed E-state index contributed by atoms with van der Waals surface area (Å²) in [7, 11) is -4.42. The van der Waals surface area contributed by atoms with Gasteiger partial charge in [-0.25, -0.2) is 0 Å². The van der Waals surface area contributed by atoms with Crippen LogP contribution in [0.25, 0.3) is 14.6 Å². The van der Waals surface area contributed by atoms with Crippen LogP contribution in [0.4, 0.5) is 0 Å². The Bertz CT molecular complexity index is 540. The van der Waals surface area contributed by atoms with Crippen LogP contribution in [0.3, 0.4) is 0 Å². The molecule has 0 amide bonds. The Kier molecular flexibility index (Phi) is 18.2. The summed E-state index contributed by atoms with van der Waals surface area (Å²) >= 11 is 0. The van der Waals surface area contributed by atoms with E-state index in [-0.39, 0.29) is 43.8 Å². The van der Waals surface area contributed by atoms with Gasteiger partial charge < -0.3 is 24.4 Å². The zero-order valence-corrected chi connectivity index (χ0v) is 33.7. The van der Waals surface area contributed by atoms with E-state index in [0.717, 1.165) is 13.1 Å². The monoisotopic (exact) mass is 631 g/mol. The fourth-order valence-corrected chi connectivity index (χ4v) is 19.5. The van der Waals surface area contributed by atoms with Crippen LogP contribution in [0.15, 0.2) is 12.4 Å². The van der Waals surface area contributed by atoms with Crippen LogP contribution in [-0.4, -0.2) is 66.9 Å². The Hall–Kier alpha value is 1.19. The van der Waals surface area contributed by atoms with E-state index in [2.05, 4.69) is 154 Å². The van der Waals surface area contributed by atoms with Crippen molar-refractivity contribution in [2.24, 2.45) is 0 Å². The third kappa shape index (κ3) is 31.3. The molecule has 0 unspecified atom stereocenters. The summed E-state index contributed by atoms with van der Waals surface area (Å²) < 4.78 is 9.64. The van der Waals surface area contributed by atoms with Crippen LogP contribution < -0.4 is 0 Å². The third-order valence-corrected chi connectivity index (χ3v) is 14.4. The van der Waals surface area contributed by atoms with E-state index in [1.807, 2.05) is 0 Å². The molecule has 2 radical (unpaired) electrons. The molecule has 0 aromatic rings. The Morgan fingerprint density at radius 2 is 0.971 bits per heavy atom. The van der Waals surface area contributed by atoms with Crippen molar-refractivity contribution in [3.8, 4) is 0 Å². The van der Waals surface area contributed by atoms with Gasteiger partial charge in [-0.15, -0.1) is 12.1 Å². The standard InChI is InChI=1S/C13H24N3.2C6H18NSi2.Y/c1-12(2,3)14-7-8-15-9-10-16(11-15)13(4,5)6;2*1-8(2,3)7-9(4,5)6;/h9-10H,7-8H2,1-6H3;2*1-6H3;/q3*-1;+3. The summed E-state index contributed by atoms with van der Waals surface area (Å²) in [4.78, 5) is 4.17. The summed E-state index contributed by atoms with van der Waals surface area (Å²) in [5.74, 6) is 0. The number of rotatable bonds is 7. The van der Waals surface area contributed by atoms with Crippen molar-refractivity contribution in [1.82, 2.24) is 9.80 Å². The minimum Gasteiger partial charge on any atom is -0.668 e. The summed E-state index contributed by atoms with van der Waals surface area (Å²) in [5, 5.41) is 4.57. The van der Waals surface area contributed by atoms with Crippen molar-refractivity contribution < 1.29 is 32.7 Å². The predicted octanol–water partition coefficient (Wildman–Crippen LogP) is 9.10. The molecule has 204 valence electrons. The molecule has 0 aliphatic carbocycles. The van der Waals surface area contributed by atoms with E-state index in [1.165, 1.54) is 0 Å². The fraction of sp³-hybridized carbons (Fsp3) is 0.880. The van der Waals surface area contributed by atoms with E-state index in [9.17, 15) is 0 Å². The first-order valence-electron chi connectivity index (χ1n) is 12.8. The van der Waals surface area contributed by atoms with Gasteiger partial charge in [-0.05, 0) is 20.8 Å². The van der Waals surface area contributed by atoms with Gasteiger partial charge in [0.15, 0.2) is 0 Å². The Morgan fingerprint density at radius 3 is 1.17 bits per heavy atom. The van der Waals surface area contributed by atoms with Crippen LogP contribution >= 0.6 is 0 Å². The quantitative estimate of drug-likeness (QED) is 0.263. The van der Waals surface area contributed by atoms with Gasteiger partial charge in [-0.2, -0.15) is 0 Å². The predicted molar refractivity (Wildman–Crippen MR) is 169 cm³/mol. The molecule has 0 saturated carbocycles. The number of nitrogens with zero attached hydrogens (tertiary/aromatic N) is 5. The van der Waals surface area contributed by atoms with E-state index < -0.39 is 32.9 Å². The molecular formula is C25H60N5Si4Y. The van der Waals surface area contributed by atoms with Crippen molar-refractivity contribution >= 4 is 32.9 Å². The molecule has 0 aromatic carbocycles. The number of hydrogen-bond acceptors (Lipinski definition) is 2. The van der Waals surface area contributed by atoms with Gasteiger partial charge in [-0.1, -0.05) is 132 Å². The van der Waals surface area contributed by atoms with Crippen LogP contribution in [-0.2, 0) is 32.7 Å². The molecule has 35 heavy (non-hydrogen) atoms. The summed E-state index contributed by atoms with van der Waals surface area (Å²) in [5.41, 5.74) is 0.166. The molecule has 5 nitrogen and oxygen atoms in total. The Balaban J connectivity index is -0.000000466. The van der Waals surface area contributed by atoms with Gasteiger partial charge in [0.1, 0.15) is 0 Å². The van der Waals surface area contributed by atoms with Crippen molar-refractivity contribution in [2.75, 3.05) is 13.1 Å². The smallest absolute Gasteiger partial charge is 0.668 e. The van der Waals surface area contributed by atoms with Crippen LogP contribution in [0, 0.1) is 6.67 Å². The van der Waals surface area contributed by atoms with Crippen molar-refractivity contribution in [3.05, 3.63) is 33.7 Å². The number of hydrogen-bond donors (Lipinski definition) is 0. The van der Waals surface area contributed by atoms with Gasteiger partial charge in [0.25, 0.3) is 0 Å². The molecule has 0 atom stereocenters. The Labute approximate surface area is 251 Å². The van der Waals surface area contributed by atoms with E-state index in [4.69, 9.17) is 9.30 Å². The minimum absolute atomic E-state index is 0. The van der Waals surface area contributed by atoms with Gasteiger partial charge in [0.2, 0.25) is 6.67 Å². The molecule has 0 spiro atoms. The average molecular weight is 632 g/mol. The fourth-order valence-electron chi connectivity index (χ4n) is 3.36.